The molecule has 64 valence electrons. The van der Waals surface area contributed by atoms with E-state index in [1.165, 1.54) is 6.42 Å². The van der Waals surface area contributed by atoms with Crippen LogP contribution in [0.5, 0.6) is 0 Å². The Morgan fingerprint density at radius 1 is 1.67 bits per heavy atom. The van der Waals surface area contributed by atoms with Crippen molar-refractivity contribution in [3.63, 3.8) is 0 Å². The van der Waals surface area contributed by atoms with Crippen LogP contribution in [0.2, 0.25) is 0 Å². The lowest BCUT2D eigenvalue weighted by Crippen LogP contribution is -2.11. The molecule has 2 N–H and O–H groups in total. The van der Waals surface area contributed by atoms with E-state index in [-0.39, 0.29) is 5.69 Å². The number of nitrogens with zero attached hydrogens (tertiary/aromatic N) is 1. The first-order valence-corrected chi connectivity index (χ1v) is 4.04. The number of primary amides is 1. The number of aromatic nitrogens is 1. The lowest BCUT2D eigenvalue weighted by Gasteiger charge is -2.21. The van der Waals surface area contributed by atoms with Gasteiger partial charge in [0.15, 0.2) is 5.69 Å². The average Bonchev–Trinajstić information content (AvgIpc) is 2.32. The number of hydrogen-bond acceptors (Lipinski definition) is 3. The van der Waals surface area contributed by atoms with Gasteiger partial charge in [-0.25, -0.2) is 0 Å². The van der Waals surface area contributed by atoms with Gasteiger partial charge in [0.05, 0.1) is 0 Å². The van der Waals surface area contributed by atoms with Crippen LogP contribution in [0.4, 0.5) is 0 Å². The fourth-order valence-corrected chi connectivity index (χ4v) is 1.29. The third kappa shape index (κ3) is 1.09. The summed E-state index contributed by atoms with van der Waals surface area (Å²) >= 11 is 0. The Morgan fingerprint density at radius 3 is 2.83 bits per heavy atom. The molecular formula is C8H10N2O2. The van der Waals surface area contributed by atoms with E-state index in [0.717, 1.165) is 18.6 Å². The fraction of sp³-hybridized carbons (Fsp3) is 0.500. The molecule has 12 heavy (non-hydrogen) atoms. The number of nitrogens with two attached hydrogens (primary N) is 1. The summed E-state index contributed by atoms with van der Waals surface area (Å²) < 4.78 is 4.98. The summed E-state index contributed by atoms with van der Waals surface area (Å²) in [6, 6.07) is 1.64. The Bertz CT molecular complexity index is 302. The van der Waals surface area contributed by atoms with Gasteiger partial charge in [0.2, 0.25) is 0 Å². The summed E-state index contributed by atoms with van der Waals surface area (Å²) in [5.41, 5.74) is 5.26. The smallest absolute Gasteiger partial charge is 0.270 e. The molecule has 1 aliphatic rings. The molecule has 4 nitrogen and oxygen atoms in total. The maximum atomic E-state index is 10.6. The molecule has 0 bridgehead atoms. The van der Waals surface area contributed by atoms with Crippen molar-refractivity contribution in [2.24, 2.45) is 5.73 Å². The molecule has 1 saturated carbocycles. The van der Waals surface area contributed by atoms with Crippen molar-refractivity contribution in [2.45, 2.75) is 25.2 Å². The molecule has 1 aromatic heterocycles. The molecule has 1 fully saturated rings. The van der Waals surface area contributed by atoms with E-state index >= 15 is 0 Å². The average molecular weight is 166 g/mol. The lowest BCUT2D eigenvalue weighted by atomic mass is 9.83. The van der Waals surface area contributed by atoms with Crippen molar-refractivity contribution < 1.29 is 9.32 Å². The van der Waals surface area contributed by atoms with Gasteiger partial charge in [-0.15, -0.1) is 0 Å². The first kappa shape index (κ1) is 7.34. The van der Waals surface area contributed by atoms with E-state index in [4.69, 9.17) is 10.3 Å². The van der Waals surface area contributed by atoms with Gasteiger partial charge in [0.25, 0.3) is 5.91 Å². The molecule has 1 amide bonds. The topological polar surface area (TPSA) is 69.1 Å². The fourth-order valence-electron chi connectivity index (χ4n) is 1.29. The van der Waals surface area contributed by atoms with Crippen LogP contribution in [0.1, 0.15) is 41.4 Å². The second-order valence-electron chi connectivity index (χ2n) is 3.11. The molecular weight excluding hydrogens is 156 g/mol. The molecule has 0 aromatic carbocycles. The molecule has 4 heteroatoms. The van der Waals surface area contributed by atoms with E-state index in [1.54, 1.807) is 6.07 Å². The van der Waals surface area contributed by atoms with E-state index in [9.17, 15) is 4.79 Å². The molecule has 0 unspecified atom stereocenters. The third-order valence-corrected chi connectivity index (χ3v) is 2.29. The highest BCUT2D eigenvalue weighted by atomic mass is 16.5. The zero-order chi connectivity index (χ0) is 8.55. The summed E-state index contributed by atoms with van der Waals surface area (Å²) in [4.78, 5) is 10.6. The summed E-state index contributed by atoms with van der Waals surface area (Å²) in [6.07, 6.45) is 3.50. The van der Waals surface area contributed by atoms with E-state index in [2.05, 4.69) is 5.16 Å². The van der Waals surface area contributed by atoms with Crippen LogP contribution in [-0.4, -0.2) is 11.1 Å². The number of carbonyl (C=O) groups excluding carboxylic acids is 1. The van der Waals surface area contributed by atoms with Crippen molar-refractivity contribution in [2.75, 3.05) is 0 Å². The summed E-state index contributed by atoms with van der Waals surface area (Å²) in [7, 11) is 0. The van der Waals surface area contributed by atoms with Crippen LogP contribution >= 0.6 is 0 Å². The lowest BCUT2D eigenvalue weighted by molar-refractivity contribution is 0.0991. The first-order valence-electron chi connectivity index (χ1n) is 4.04. The Kier molecular flexibility index (Phi) is 1.60. The second-order valence-corrected chi connectivity index (χ2v) is 3.11. The molecule has 2 rings (SSSR count). The summed E-state index contributed by atoms with van der Waals surface area (Å²) in [5.74, 6) is 0.741. The standard InChI is InChI=1S/C8H10N2O2/c9-8(11)6-4-7(12-10-6)5-2-1-3-5/h4-5H,1-3H2,(H2,9,11). The van der Waals surface area contributed by atoms with E-state index in [0.29, 0.717) is 5.92 Å². The normalized spacial score (nSPS) is 17.3. The summed E-state index contributed by atoms with van der Waals surface area (Å²) in [5, 5.41) is 3.57. The van der Waals surface area contributed by atoms with Crippen molar-refractivity contribution in [1.82, 2.24) is 5.16 Å². The van der Waals surface area contributed by atoms with Crippen LogP contribution in [-0.2, 0) is 0 Å². The maximum Gasteiger partial charge on any atom is 0.270 e. The molecule has 1 aromatic rings. The van der Waals surface area contributed by atoms with Crippen LogP contribution in [0, 0.1) is 0 Å². The van der Waals surface area contributed by atoms with Gasteiger partial charge >= 0.3 is 0 Å². The third-order valence-electron chi connectivity index (χ3n) is 2.29. The minimum Gasteiger partial charge on any atom is -0.364 e. The van der Waals surface area contributed by atoms with Crippen molar-refractivity contribution in [1.29, 1.82) is 0 Å². The molecule has 0 atom stereocenters. The zero-order valence-electron chi connectivity index (χ0n) is 6.62. The maximum absolute atomic E-state index is 10.6. The van der Waals surface area contributed by atoms with Crippen LogP contribution in [0.3, 0.4) is 0 Å². The molecule has 0 aliphatic heterocycles. The predicted molar refractivity (Wildman–Crippen MR) is 41.6 cm³/mol. The van der Waals surface area contributed by atoms with Crippen LogP contribution in [0.15, 0.2) is 10.6 Å². The SMILES string of the molecule is NC(=O)c1cc(C2CCC2)on1. The van der Waals surface area contributed by atoms with Gasteiger partial charge in [-0.05, 0) is 12.8 Å². The Balaban J connectivity index is 2.17. The minimum atomic E-state index is -0.524. The molecule has 0 radical (unpaired) electrons. The number of hydrogen-bond donors (Lipinski definition) is 1. The van der Waals surface area contributed by atoms with Crippen LogP contribution < -0.4 is 5.73 Å². The van der Waals surface area contributed by atoms with Gasteiger partial charge < -0.3 is 10.3 Å². The first-order chi connectivity index (χ1) is 5.77. The van der Waals surface area contributed by atoms with Gasteiger partial charge in [0, 0.05) is 12.0 Å². The Labute approximate surface area is 69.7 Å². The minimum absolute atomic E-state index is 0.233. The highest BCUT2D eigenvalue weighted by Gasteiger charge is 2.24. The molecule has 1 heterocycles. The van der Waals surface area contributed by atoms with Gasteiger partial charge in [-0.1, -0.05) is 11.6 Å². The van der Waals surface area contributed by atoms with E-state index in [1.807, 2.05) is 0 Å². The largest absolute Gasteiger partial charge is 0.364 e. The monoisotopic (exact) mass is 166 g/mol. The summed E-state index contributed by atoms with van der Waals surface area (Å²) in [6.45, 7) is 0. The van der Waals surface area contributed by atoms with Crippen molar-refractivity contribution in [3.05, 3.63) is 17.5 Å². The zero-order valence-corrected chi connectivity index (χ0v) is 6.62. The Morgan fingerprint density at radius 2 is 2.42 bits per heavy atom. The quantitative estimate of drug-likeness (QED) is 0.713. The molecule has 0 spiro atoms. The van der Waals surface area contributed by atoms with Crippen molar-refractivity contribution >= 4 is 5.91 Å². The van der Waals surface area contributed by atoms with Gasteiger partial charge in [-0.3, -0.25) is 4.79 Å². The predicted octanol–water partition coefficient (Wildman–Crippen LogP) is 1.04. The van der Waals surface area contributed by atoms with Gasteiger partial charge in [0.1, 0.15) is 5.76 Å². The van der Waals surface area contributed by atoms with Crippen molar-refractivity contribution in [3.8, 4) is 0 Å². The molecule has 1 aliphatic carbocycles. The number of amides is 1. The number of rotatable bonds is 2. The highest BCUT2D eigenvalue weighted by molar-refractivity contribution is 5.90. The van der Waals surface area contributed by atoms with E-state index < -0.39 is 5.91 Å². The Hall–Kier alpha value is -1.32. The van der Waals surface area contributed by atoms with Gasteiger partial charge in [-0.2, -0.15) is 0 Å². The van der Waals surface area contributed by atoms with Crippen LogP contribution in [0.25, 0.3) is 0 Å². The highest BCUT2D eigenvalue weighted by Crippen LogP contribution is 2.36. The second kappa shape index (κ2) is 2.62. The molecule has 0 saturated heterocycles. The number of carbonyl (C=O) groups is 1.